The highest BCUT2D eigenvalue weighted by Gasteiger charge is 2.34. The third kappa shape index (κ3) is 4.09. The molecule has 1 rings (SSSR count). The summed E-state index contributed by atoms with van der Waals surface area (Å²) in [6, 6.07) is 0. The molecule has 0 heterocycles. The molecule has 0 aromatic carbocycles. The predicted molar refractivity (Wildman–Crippen MR) is 57.8 cm³/mol. The van der Waals surface area contributed by atoms with Crippen LogP contribution in [0.2, 0.25) is 0 Å². The van der Waals surface area contributed by atoms with Gasteiger partial charge in [0.1, 0.15) is 0 Å². The van der Waals surface area contributed by atoms with Gasteiger partial charge < -0.3 is 0 Å². The highest BCUT2D eigenvalue weighted by Crippen LogP contribution is 2.35. The molecule has 0 radical (unpaired) electrons. The van der Waals surface area contributed by atoms with E-state index in [4.69, 9.17) is 8.74 Å². The summed E-state index contributed by atoms with van der Waals surface area (Å²) in [7, 11) is -4.31. The van der Waals surface area contributed by atoms with Crippen molar-refractivity contribution in [3.05, 3.63) is 0 Å². The van der Waals surface area contributed by atoms with Gasteiger partial charge in [0.2, 0.25) is 0 Å². The van der Waals surface area contributed by atoms with E-state index in [9.17, 15) is 8.42 Å². The smallest absolute Gasteiger partial charge is 0.264 e. The quantitative estimate of drug-likeness (QED) is 0.763. The largest absolute Gasteiger partial charge is 0.397 e. The molecule has 1 N–H and O–H groups in total. The maximum absolute atomic E-state index is 10.7. The summed E-state index contributed by atoms with van der Waals surface area (Å²) in [4.78, 5) is 0. The van der Waals surface area contributed by atoms with Crippen molar-refractivity contribution < 1.29 is 17.2 Å². The Morgan fingerprint density at radius 3 is 2.40 bits per heavy atom. The van der Waals surface area contributed by atoms with Crippen LogP contribution in [0.4, 0.5) is 0 Å². The van der Waals surface area contributed by atoms with Crippen molar-refractivity contribution in [1.29, 1.82) is 0 Å². The van der Waals surface area contributed by atoms with Gasteiger partial charge in [-0.3, -0.25) is 4.55 Å². The van der Waals surface area contributed by atoms with E-state index >= 15 is 0 Å². The highest BCUT2D eigenvalue weighted by atomic mass is 32.3. The van der Waals surface area contributed by atoms with Crippen molar-refractivity contribution in [1.82, 2.24) is 0 Å². The molecule has 15 heavy (non-hydrogen) atoms. The SMILES string of the molecule is CC1CCC(C(C)C)C(OS(=O)(=O)O)C1. The average molecular weight is 236 g/mol. The van der Waals surface area contributed by atoms with Crippen LogP contribution in [0.25, 0.3) is 0 Å². The van der Waals surface area contributed by atoms with Gasteiger partial charge in [-0.1, -0.05) is 27.2 Å². The first-order valence-corrected chi connectivity index (χ1v) is 6.82. The number of hydrogen-bond acceptors (Lipinski definition) is 3. The summed E-state index contributed by atoms with van der Waals surface area (Å²) in [6.45, 7) is 6.19. The lowest BCUT2D eigenvalue weighted by molar-refractivity contribution is 0.0422. The topological polar surface area (TPSA) is 63.6 Å². The van der Waals surface area contributed by atoms with E-state index in [0.29, 0.717) is 18.3 Å². The van der Waals surface area contributed by atoms with E-state index in [2.05, 4.69) is 20.8 Å². The Balaban J connectivity index is 2.70. The summed E-state index contributed by atoms with van der Waals surface area (Å²) in [5.74, 6) is 1.07. The number of hydrogen-bond donors (Lipinski definition) is 1. The third-order valence-electron chi connectivity index (χ3n) is 3.21. The van der Waals surface area contributed by atoms with Gasteiger partial charge in [0.15, 0.2) is 0 Å². The molecule has 90 valence electrons. The lowest BCUT2D eigenvalue weighted by atomic mass is 9.75. The fourth-order valence-electron chi connectivity index (χ4n) is 2.38. The first-order chi connectivity index (χ1) is 6.79. The van der Waals surface area contributed by atoms with Crippen LogP contribution < -0.4 is 0 Å². The molecular weight excluding hydrogens is 216 g/mol. The maximum atomic E-state index is 10.7. The molecule has 0 aliphatic heterocycles. The molecule has 1 aliphatic rings. The molecule has 0 spiro atoms. The average Bonchev–Trinajstić information content (AvgIpc) is 1.99. The molecule has 0 aromatic rings. The molecule has 0 amide bonds. The zero-order valence-corrected chi connectivity index (χ0v) is 10.3. The maximum Gasteiger partial charge on any atom is 0.397 e. The van der Waals surface area contributed by atoms with Gasteiger partial charge in [-0.15, -0.1) is 0 Å². The van der Waals surface area contributed by atoms with Gasteiger partial charge in [-0.25, -0.2) is 4.18 Å². The van der Waals surface area contributed by atoms with Crippen LogP contribution in [0.3, 0.4) is 0 Å². The molecule has 1 aliphatic carbocycles. The third-order valence-corrected chi connectivity index (χ3v) is 3.70. The Morgan fingerprint density at radius 2 is 1.93 bits per heavy atom. The van der Waals surface area contributed by atoms with Crippen LogP contribution in [0.1, 0.15) is 40.0 Å². The van der Waals surface area contributed by atoms with E-state index in [1.807, 2.05) is 0 Å². The van der Waals surface area contributed by atoms with Crippen LogP contribution in [0.5, 0.6) is 0 Å². The van der Waals surface area contributed by atoms with Crippen LogP contribution in [0, 0.1) is 17.8 Å². The molecule has 4 nitrogen and oxygen atoms in total. The Kier molecular flexibility index (Phi) is 4.14. The summed E-state index contributed by atoms with van der Waals surface area (Å²) >= 11 is 0. The van der Waals surface area contributed by atoms with E-state index in [0.717, 1.165) is 12.8 Å². The van der Waals surface area contributed by atoms with E-state index in [-0.39, 0.29) is 12.0 Å². The monoisotopic (exact) mass is 236 g/mol. The van der Waals surface area contributed by atoms with Crippen LogP contribution in [-0.4, -0.2) is 19.1 Å². The molecule has 3 atom stereocenters. The molecule has 5 heteroatoms. The van der Waals surface area contributed by atoms with Gasteiger partial charge in [0.05, 0.1) is 6.10 Å². The van der Waals surface area contributed by atoms with Gasteiger partial charge in [0.25, 0.3) is 0 Å². The van der Waals surface area contributed by atoms with Gasteiger partial charge in [-0.2, -0.15) is 8.42 Å². The zero-order valence-electron chi connectivity index (χ0n) is 9.51. The van der Waals surface area contributed by atoms with Crippen molar-refractivity contribution >= 4 is 10.4 Å². The molecular formula is C10H20O4S. The second kappa shape index (κ2) is 4.80. The standard InChI is InChI=1S/C10H20O4S/c1-7(2)9-5-4-8(3)6-10(9)14-15(11,12)13/h7-10H,4-6H2,1-3H3,(H,11,12,13). The summed E-state index contributed by atoms with van der Waals surface area (Å²) in [5.41, 5.74) is 0. The predicted octanol–water partition coefficient (Wildman–Crippen LogP) is 2.27. The van der Waals surface area contributed by atoms with Crippen molar-refractivity contribution in [3.63, 3.8) is 0 Å². The molecule has 0 aromatic heterocycles. The highest BCUT2D eigenvalue weighted by molar-refractivity contribution is 7.80. The second-order valence-corrected chi connectivity index (χ2v) is 5.94. The first kappa shape index (κ1) is 12.9. The lowest BCUT2D eigenvalue weighted by Crippen LogP contribution is -2.35. The Labute approximate surface area is 92.0 Å². The summed E-state index contributed by atoms with van der Waals surface area (Å²) < 4.78 is 34.9. The first-order valence-electron chi connectivity index (χ1n) is 5.45. The summed E-state index contributed by atoms with van der Waals surface area (Å²) in [5, 5.41) is 0. The molecule has 0 bridgehead atoms. The fraction of sp³-hybridized carbons (Fsp3) is 1.00. The van der Waals surface area contributed by atoms with Crippen LogP contribution >= 0.6 is 0 Å². The van der Waals surface area contributed by atoms with Gasteiger partial charge in [0, 0.05) is 0 Å². The Morgan fingerprint density at radius 1 is 1.33 bits per heavy atom. The minimum absolute atomic E-state index is 0.225. The van der Waals surface area contributed by atoms with Crippen LogP contribution in [-0.2, 0) is 14.6 Å². The molecule has 3 unspecified atom stereocenters. The van der Waals surface area contributed by atoms with Gasteiger partial charge >= 0.3 is 10.4 Å². The second-order valence-electron chi connectivity index (χ2n) is 4.89. The van der Waals surface area contributed by atoms with Crippen molar-refractivity contribution in [2.45, 2.75) is 46.1 Å². The van der Waals surface area contributed by atoms with E-state index < -0.39 is 10.4 Å². The van der Waals surface area contributed by atoms with Crippen molar-refractivity contribution in [2.75, 3.05) is 0 Å². The fourth-order valence-corrected chi connectivity index (χ4v) is 2.92. The van der Waals surface area contributed by atoms with E-state index in [1.165, 1.54) is 0 Å². The number of rotatable bonds is 3. The zero-order chi connectivity index (χ0) is 11.6. The Hall–Kier alpha value is -0.130. The molecule has 1 saturated carbocycles. The van der Waals surface area contributed by atoms with E-state index in [1.54, 1.807) is 0 Å². The minimum Gasteiger partial charge on any atom is -0.264 e. The molecule has 0 saturated heterocycles. The minimum atomic E-state index is -4.31. The van der Waals surface area contributed by atoms with Crippen molar-refractivity contribution in [3.8, 4) is 0 Å². The molecule has 1 fully saturated rings. The lowest BCUT2D eigenvalue weighted by Gasteiger charge is -2.35. The van der Waals surface area contributed by atoms with Crippen LogP contribution in [0.15, 0.2) is 0 Å². The summed E-state index contributed by atoms with van der Waals surface area (Å²) in [6.07, 6.45) is 2.43. The van der Waals surface area contributed by atoms with Gasteiger partial charge in [-0.05, 0) is 30.6 Å². The normalized spacial score (nSPS) is 33.3. The Bertz CT molecular complexity index is 297. The van der Waals surface area contributed by atoms with Crippen molar-refractivity contribution in [2.24, 2.45) is 17.8 Å².